The summed E-state index contributed by atoms with van der Waals surface area (Å²) in [6, 6.07) is 15.3. The van der Waals surface area contributed by atoms with Crippen LogP contribution in [0.5, 0.6) is 11.5 Å². The Kier molecular flexibility index (Phi) is 5.37. The molecule has 0 aliphatic rings. The fourth-order valence-corrected chi connectivity index (χ4v) is 1.66. The van der Waals surface area contributed by atoms with Crippen molar-refractivity contribution >= 4 is 12.1 Å². The van der Waals surface area contributed by atoms with Gasteiger partial charge in [-0.1, -0.05) is 18.2 Å². The van der Waals surface area contributed by atoms with Gasteiger partial charge >= 0.3 is 12.1 Å². The lowest BCUT2D eigenvalue weighted by molar-refractivity contribution is 0.0509. The molecule has 0 aliphatic heterocycles. The number of carbonyl (C=O) groups is 2. The molecule has 0 radical (unpaired) electrons. The lowest BCUT2D eigenvalue weighted by Gasteiger charge is -2.08. The topological polar surface area (TPSA) is 82.1 Å². The van der Waals surface area contributed by atoms with Gasteiger partial charge in [0.25, 0.3) is 0 Å². The van der Waals surface area contributed by atoms with Crippen LogP contribution in [-0.2, 0) is 4.74 Å². The number of esters is 1. The third-order valence-electron chi connectivity index (χ3n) is 2.63. The highest BCUT2D eigenvalue weighted by molar-refractivity contribution is 5.94. The van der Waals surface area contributed by atoms with E-state index < -0.39 is 12.1 Å². The third kappa shape index (κ3) is 4.82. The highest BCUT2D eigenvalue weighted by Gasteiger charge is 2.11. The van der Waals surface area contributed by atoms with Crippen LogP contribution >= 0.6 is 0 Å². The van der Waals surface area contributed by atoms with E-state index in [2.05, 4.69) is 4.74 Å². The quantitative estimate of drug-likeness (QED) is 0.502. The molecule has 2 aromatic carbocycles. The highest BCUT2D eigenvalue weighted by atomic mass is 16.7. The minimum atomic E-state index is -1.64. The largest absolute Gasteiger partial charge is 0.513 e. The lowest BCUT2D eigenvalue weighted by atomic mass is 10.2. The van der Waals surface area contributed by atoms with Gasteiger partial charge in [-0.15, -0.1) is 0 Å². The van der Waals surface area contributed by atoms with Crippen molar-refractivity contribution in [2.45, 2.75) is 0 Å². The van der Waals surface area contributed by atoms with Crippen LogP contribution in [0.4, 0.5) is 4.79 Å². The molecule has 114 valence electrons. The number of hydrogen-bond acceptors (Lipinski definition) is 5. The van der Waals surface area contributed by atoms with E-state index in [1.807, 2.05) is 30.3 Å². The molecule has 1 N–H and O–H groups in total. The number of rotatable bonds is 6. The van der Waals surface area contributed by atoms with Crippen LogP contribution in [0.1, 0.15) is 10.4 Å². The average molecular weight is 302 g/mol. The van der Waals surface area contributed by atoms with Crippen LogP contribution in [0, 0.1) is 0 Å². The first-order chi connectivity index (χ1) is 10.6. The molecule has 0 heterocycles. The molecule has 0 bridgehead atoms. The van der Waals surface area contributed by atoms with Crippen LogP contribution in [-0.4, -0.2) is 30.4 Å². The molecule has 0 unspecified atom stereocenters. The van der Waals surface area contributed by atoms with Gasteiger partial charge in [-0.3, -0.25) is 0 Å². The van der Waals surface area contributed by atoms with E-state index in [0.29, 0.717) is 19.0 Å². The van der Waals surface area contributed by atoms with E-state index >= 15 is 0 Å². The molecule has 0 aliphatic carbocycles. The number of benzene rings is 2. The molecule has 0 fully saturated rings. The number of carboxylic acid groups (broad SMARTS) is 1. The van der Waals surface area contributed by atoms with Crippen molar-refractivity contribution in [1.29, 1.82) is 0 Å². The maximum Gasteiger partial charge on any atom is 0.513 e. The van der Waals surface area contributed by atoms with Gasteiger partial charge in [0.2, 0.25) is 0 Å². The van der Waals surface area contributed by atoms with Gasteiger partial charge in [-0.25, -0.2) is 9.59 Å². The molecule has 0 aromatic heterocycles. The second-order valence-corrected chi connectivity index (χ2v) is 4.19. The predicted octanol–water partition coefficient (Wildman–Crippen LogP) is 2.98. The zero-order valence-corrected chi connectivity index (χ0v) is 11.6. The molecule has 2 aromatic rings. The Bertz CT molecular complexity index is 621. The Morgan fingerprint density at radius 1 is 0.818 bits per heavy atom. The Hall–Kier alpha value is -3.02. The number of carbonyl (C=O) groups excluding carboxylic acids is 1. The summed E-state index contributed by atoms with van der Waals surface area (Å²) in [6.07, 6.45) is -1.64. The zero-order valence-electron chi connectivity index (χ0n) is 11.6. The Morgan fingerprint density at radius 3 is 1.91 bits per heavy atom. The van der Waals surface area contributed by atoms with Crippen molar-refractivity contribution in [3.05, 3.63) is 60.2 Å². The van der Waals surface area contributed by atoms with Crippen LogP contribution in [0.15, 0.2) is 54.6 Å². The molecule has 2 rings (SSSR count). The molecule has 0 spiro atoms. The summed E-state index contributed by atoms with van der Waals surface area (Å²) in [5.74, 6) is 0.382. The van der Waals surface area contributed by atoms with Gasteiger partial charge in [0.1, 0.15) is 24.7 Å². The van der Waals surface area contributed by atoms with Crippen molar-refractivity contribution < 1.29 is 28.9 Å². The van der Waals surface area contributed by atoms with E-state index in [0.717, 1.165) is 5.75 Å². The van der Waals surface area contributed by atoms with Crippen LogP contribution in [0.3, 0.4) is 0 Å². The Morgan fingerprint density at radius 2 is 1.36 bits per heavy atom. The summed E-state index contributed by atoms with van der Waals surface area (Å²) in [6.45, 7) is 0.723. The summed E-state index contributed by atoms with van der Waals surface area (Å²) < 4.78 is 15.0. The normalized spacial score (nSPS) is 9.82. The van der Waals surface area contributed by atoms with Crippen molar-refractivity contribution in [1.82, 2.24) is 0 Å². The maximum absolute atomic E-state index is 11.3. The first-order valence-corrected chi connectivity index (χ1v) is 6.51. The van der Waals surface area contributed by atoms with Crippen molar-refractivity contribution in [2.75, 3.05) is 13.2 Å². The van der Waals surface area contributed by atoms with Gasteiger partial charge in [-0.05, 0) is 36.4 Å². The fraction of sp³-hybridized carbons (Fsp3) is 0.125. The highest BCUT2D eigenvalue weighted by Crippen LogP contribution is 2.13. The first-order valence-electron chi connectivity index (χ1n) is 6.51. The minimum absolute atomic E-state index is 0.135. The number of ether oxygens (including phenoxy) is 3. The van der Waals surface area contributed by atoms with Gasteiger partial charge in [0.15, 0.2) is 0 Å². The van der Waals surface area contributed by atoms with E-state index in [-0.39, 0.29) is 5.56 Å². The molecular formula is C16H14O6. The third-order valence-corrected chi connectivity index (χ3v) is 2.63. The second-order valence-electron chi connectivity index (χ2n) is 4.19. The smallest absolute Gasteiger partial charge is 0.490 e. The summed E-state index contributed by atoms with van der Waals surface area (Å²) >= 11 is 0. The van der Waals surface area contributed by atoms with Gasteiger partial charge < -0.3 is 19.3 Å². The van der Waals surface area contributed by atoms with Crippen LogP contribution in [0.2, 0.25) is 0 Å². The number of hydrogen-bond donors (Lipinski definition) is 1. The average Bonchev–Trinajstić information content (AvgIpc) is 2.52. The zero-order chi connectivity index (χ0) is 15.8. The van der Waals surface area contributed by atoms with E-state index in [1.54, 1.807) is 12.1 Å². The second kappa shape index (κ2) is 7.68. The summed E-state index contributed by atoms with van der Waals surface area (Å²) in [5, 5.41) is 8.36. The van der Waals surface area contributed by atoms with Crippen molar-refractivity contribution in [2.24, 2.45) is 0 Å². The molecule has 0 atom stereocenters. The SMILES string of the molecule is O=C(O)OC(=O)c1ccc(OCCOc2ccccc2)cc1. The van der Waals surface area contributed by atoms with Crippen molar-refractivity contribution in [3.8, 4) is 11.5 Å². The fourth-order valence-electron chi connectivity index (χ4n) is 1.66. The molecule has 0 amide bonds. The van der Waals surface area contributed by atoms with Gasteiger partial charge in [0.05, 0.1) is 5.56 Å². The van der Waals surface area contributed by atoms with E-state index in [9.17, 15) is 9.59 Å². The molecule has 0 saturated carbocycles. The Balaban J connectivity index is 1.77. The van der Waals surface area contributed by atoms with Crippen LogP contribution < -0.4 is 9.47 Å². The molecule has 6 heteroatoms. The predicted molar refractivity (Wildman–Crippen MR) is 77.3 cm³/mol. The first kappa shape index (κ1) is 15.4. The summed E-state index contributed by atoms with van der Waals surface area (Å²) in [4.78, 5) is 21.6. The van der Waals surface area contributed by atoms with Crippen molar-refractivity contribution in [3.63, 3.8) is 0 Å². The van der Waals surface area contributed by atoms with Gasteiger partial charge in [0, 0.05) is 0 Å². The standard InChI is InChI=1S/C16H14O6/c17-15(22-16(18)19)12-6-8-14(9-7-12)21-11-10-20-13-4-2-1-3-5-13/h1-9H,10-11H2,(H,18,19). The van der Waals surface area contributed by atoms with Crippen LogP contribution in [0.25, 0.3) is 0 Å². The van der Waals surface area contributed by atoms with E-state index in [4.69, 9.17) is 14.6 Å². The lowest BCUT2D eigenvalue weighted by Crippen LogP contribution is -2.11. The molecular weight excluding hydrogens is 288 g/mol. The summed E-state index contributed by atoms with van der Waals surface area (Å²) in [7, 11) is 0. The molecule has 0 saturated heterocycles. The monoisotopic (exact) mass is 302 g/mol. The number of para-hydroxylation sites is 1. The van der Waals surface area contributed by atoms with E-state index in [1.165, 1.54) is 12.1 Å². The summed E-state index contributed by atoms with van der Waals surface area (Å²) in [5.41, 5.74) is 0.135. The molecule has 6 nitrogen and oxygen atoms in total. The Labute approximate surface area is 126 Å². The molecule has 22 heavy (non-hydrogen) atoms. The van der Waals surface area contributed by atoms with Gasteiger partial charge in [-0.2, -0.15) is 0 Å². The minimum Gasteiger partial charge on any atom is -0.490 e. The maximum atomic E-state index is 11.3.